The average molecular weight is 594 g/mol. The lowest BCUT2D eigenvalue weighted by Gasteiger charge is -2.50. The molecule has 0 heterocycles. The highest BCUT2D eigenvalue weighted by molar-refractivity contribution is 5.23. The van der Waals surface area contributed by atoms with Gasteiger partial charge in [-0.25, -0.2) is 17.6 Å². The second kappa shape index (κ2) is 7.96. The molecule has 23 heteroatoms. The van der Waals surface area contributed by atoms with Crippen LogP contribution in [-0.4, -0.2) is 78.4 Å². The molecule has 0 aliphatic heterocycles. The van der Waals surface area contributed by atoms with Gasteiger partial charge in [-0.15, -0.1) is 0 Å². The van der Waals surface area contributed by atoms with Crippen molar-refractivity contribution in [1.29, 1.82) is 0 Å². The van der Waals surface area contributed by atoms with Crippen molar-refractivity contribution in [2.45, 2.75) is 71.8 Å². The smallest absolute Gasteiger partial charge is 0.333 e. The third-order valence-corrected chi connectivity index (χ3v) is 4.83. The van der Waals surface area contributed by atoms with Gasteiger partial charge < -0.3 is 4.74 Å². The lowest BCUT2D eigenvalue weighted by Crippen LogP contribution is -2.81. The third kappa shape index (κ3) is 3.75. The average Bonchev–Trinajstić information content (AvgIpc) is 2.65. The first-order chi connectivity index (χ1) is 15.3. The van der Waals surface area contributed by atoms with Gasteiger partial charge in [0.25, 0.3) is 0 Å². The maximum Gasteiger partial charge on any atom is 0.451 e. The van der Waals surface area contributed by atoms with Crippen molar-refractivity contribution in [1.82, 2.24) is 0 Å². The number of alkyl halides is 22. The SMILES string of the molecule is FC1C(F)(F)C(F)(F)C(F)(F)C(F)(F)C1(F)COC(F)(C(F)C(F)(C(F)(F)F)C(F)(F)F)C(F)(F)F. The van der Waals surface area contributed by atoms with Crippen LogP contribution in [0.4, 0.5) is 96.6 Å². The maximum absolute atomic E-state index is 14.3. The lowest BCUT2D eigenvalue weighted by molar-refractivity contribution is -0.458. The number of rotatable bonds is 5. The first-order valence-electron chi connectivity index (χ1n) is 7.97. The Bertz CT molecular complexity index is 807. The van der Waals surface area contributed by atoms with Crippen molar-refractivity contribution in [3.63, 3.8) is 0 Å². The molecule has 4 atom stereocenters. The number of hydrogen-bond acceptors (Lipinski definition) is 1. The van der Waals surface area contributed by atoms with Crippen LogP contribution in [0.3, 0.4) is 0 Å². The quantitative estimate of drug-likeness (QED) is 0.312. The summed E-state index contributed by atoms with van der Waals surface area (Å²) < 4.78 is 291. The molecule has 1 fully saturated rings. The van der Waals surface area contributed by atoms with E-state index in [1.165, 1.54) is 0 Å². The minimum atomic E-state index is -8.02. The summed E-state index contributed by atoms with van der Waals surface area (Å²) in [5.41, 5.74) is -15.1. The Hall–Kier alpha value is -1.58. The summed E-state index contributed by atoms with van der Waals surface area (Å²) in [4.78, 5) is 0. The Kier molecular flexibility index (Phi) is 7.18. The molecule has 1 rings (SSSR count). The van der Waals surface area contributed by atoms with Crippen molar-refractivity contribution < 1.29 is 101 Å². The van der Waals surface area contributed by atoms with Crippen LogP contribution in [-0.2, 0) is 4.74 Å². The van der Waals surface area contributed by atoms with Crippen molar-refractivity contribution in [2.75, 3.05) is 6.61 Å². The molecular formula is C13H4F22O. The highest BCUT2D eigenvalue weighted by atomic mass is 19.4. The third-order valence-electron chi connectivity index (χ3n) is 4.83. The van der Waals surface area contributed by atoms with Crippen LogP contribution in [0.2, 0.25) is 0 Å². The topological polar surface area (TPSA) is 9.23 Å². The minimum absolute atomic E-state index is 2.08. The first kappa shape index (κ1) is 32.4. The van der Waals surface area contributed by atoms with Gasteiger partial charge in [-0.2, -0.15) is 79.0 Å². The van der Waals surface area contributed by atoms with Crippen LogP contribution in [0.1, 0.15) is 0 Å². The molecule has 1 nitrogen and oxygen atoms in total. The molecule has 0 N–H and O–H groups in total. The van der Waals surface area contributed by atoms with Crippen LogP contribution in [0.15, 0.2) is 0 Å². The first-order valence-corrected chi connectivity index (χ1v) is 7.97. The standard InChI is InChI=1S/C13H4F22O/c14-2-4(16,8(21,22)10(25,26)9(23,24)6(2,18)19)1-36-7(20,13(33,34)35)3(15)5(17,11(27,28)29)12(30,31)32/h2-3H,1H2. The summed E-state index contributed by atoms with van der Waals surface area (Å²) in [7, 11) is 0. The van der Waals surface area contributed by atoms with Crippen molar-refractivity contribution in [3.05, 3.63) is 0 Å². The molecule has 0 aromatic carbocycles. The molecule has 1 saturated carbocycles. The van der Waals surface area contributed by atoms with Crippen LogP contribution in [0.5, 0.6) is 0 Å². The lowest BCUT2D eigenvalue weighted by atomic mass is 9.74. The largest absolute Gasteiger partial charge is 0.451 e. The van der Waals surface area contributed by atoms with Crippen molar-refractivity contribution in [3.8, 4) is 0 Å². The van der Waals surface area contributed by atoms with E-state index in [0.29, 0.717) is 0 Å². The van der Waals surface area contributed by atoms with E-state index in [4.69, 9.17) is 0 Å². The van der Waals surface area contributed by atoms with Gasteiger partial charge in [0.05, 0.1) is 6.61 Å². The van der Waals surface area contributed by atoms with E-state index in [-0.39, 0.29) is 0 Å². The fraction of sp³-hybridized carbons (Fsp3) is 1.00. The maximum atomic E-state index is 14.3. The fourth-order valence-electron chi connectivity index (χ4n) is 2.65. The molecule has 1 aliphatic rings. The van der Waals surface area contributed by atoms with E-state index in [0.717, 1.165) is 0 Å². The molecular weight excluding hydrogens is 590 g/mol. The number of halogens is 22. The van der Waals surface area contributed by atoms with Gasteiger partial charge in [-0.3, -0.25) is 0 Å². The van der Waals surface area contributed by atoms with E-state index < -0.39 is 78.4 Å². The summed E-state index contributed by atoms with van der Waals surface area (Å²) in [6.45, 7) is -4.54. The predicted octanol–water partition coefficient (Wildman–Crippen LogP) is 7.00. The highest BCUT2D eigenvalue weighted by Crippen LogP contribution is 2.65. The van der Waals surface area contributed by atoms with E-state index >= 15 is 0 Å². The van der Waals surface area contributed by atoms with Gasteiger partial charge in [-0.05, 0) is 0 Å². The zero-order valence-corrected chi connectivity index (χ0v) is 15.6. The summed E-state index contributed by atoms with van der Waals surface area (Å²) in [5, 5.41) is 0. The zero-order valence-electron chi connectivity index (χ0n) is 15.6. The molecule has 1 aliphatic carbocycles. The van der Waals surface area contributed by atoms with Gasteiger partial charge in [0.2, 0.25) is 18.0 Å². The molecule has 216 valence electrons. The summed E-state index contributed by atoms with van der Waals surface area (Å²) in [6, 6.07) is 0. The monoisotopic (exact) mass is 594 g/mol. The minimum Gasteiger partial charge on any atom is -0.333 e. The zero-order chi connectivity index (χ0) is 29.6. The Morgan fingerprint density at radius 2 is 0.944 bits per heavy atom. The summed E-state index contributed by atoms with van der Waals surface area (Å²) in [5.74, 6) is -38.2. The van der Waals surface area contributed by atoms with E-state index in [1.54, 1.807) is 0 Å². The molecule has 0 bridgehead atoms. The van der Waals surface area contributed by atoms with Crippen molar-refractivity contribution in [2.24, 2.45) is 0 Å². The van der Waals surface area contributed by atoms with E-state index in [1.807, 2.05) is 0 Å². The Labute approximate surface area is 181 Å². The molecule has 0 saturated heterocycles. The Morgan fingerprint density at radius 3 is 1.25 bits per heavy atom. The summed E-state index contributed by atoms with van der Waals surface area (Å²) in [6.07, 6.45) is -36.8. The Morgan fingerprint density at radius 1 is 0.583 bits per heavy atom. The van der Waals surface area contributed by atoms with Gasteiger partial charge in [0, 0.05) is 0 Å². The molecule has 36 heavy (non-hydrogen) atoms. The number of ether oxygens (including phenoxy) is 1. The molecule has 0 amide bonds. The molecule has 0 aromatic rings. The van der Waals surface area contributed by atoms with Crippen LogP contribution in [0, 0.1) is 0 Å². The molecule has 0 radical (unpaired) electrons. The Balaban J connectivity index is 3.77. The second-order valence-corrected chi connectivity index (χ2v) is 7.07. The van der Waals surface area contributed by atoms with Crippen LogP contribution < -0.4 is 0 Å². The van der Waals surface area contributed by atoms with Gasteiger partial charge in [0.1, 0.15) is 0 Å². The fourth-order valence-corrected chi connectivity index (χ4v) is 2.65. The molecule has 4 unspecified atom stereocenters. The van der Waals surface area contributed by atoms with Gasteiger partial charge >= 0.3 is 53.7 Å². The van der Waals surface area contributed by atoms with E-state index in [2.05, 4.69) is 4.74 Å². The molecule has 0 aromatic heterocycles. The summed E-state index contributed by atoms with van der Waals surface area (Å²) >= 11 is 0. The number of hydrogen-bond donors (Lipinski definition) is 0. The van der Waals surface area contributed by atoms with Crippen molar-refractivity contribution >= 4 is 0 Å². The second-order valence-electron chi connectivity index (χ2n) is 7.07. The normalized spacial score (nSPS) is 31.0. The predicted molar refractivity (Wildman–Crippen MR) is 65.2 cm³/mol. The van der Waals surface area contributed by atoms with Crippen LogP contribution >= 0.6 is 0 Å². The molecule has 0 spiro atoms. The van der Waals surface area contributed by atoms with E-state index in [9.17, 15) is 96.6 Å². The highest BCUT2D eigenvalue weighted by Gasteiger charge is 2.95. The van der Waals surface area contributed by atoms with Gasteiger partial charge in [0.15, 0.2) is 0 Å². The van der Waals surface area contributed by atoms with Gasteiger partial charge in [-0.1, -0.05) is 0 Å². The van der Waals surface area contributed by atoms with Crippen LogP contribution in [0.25, 0.3) is 0 Å².